The van der Waals surface area contributed by atoms with Crippen molar-refractivity contribution in [2.75, 3.05) is 6.54 Å². The number of hydrogen-bond acceptors (Lipinski definition) is 2. The first-order chi connectivity index (χ1) is 9.31. The normalized spacial score (nSPS) is 10.8. The van der Waals surface area contributed by atoms with Gasteiger partial charge in [0.2, 0.25) is 0 Å². The minimum Gasteiger partial charge on any atom is -0.392 e. The molecule has 0 saturated heterocycles. The second-order valence-electron chi connectivity index (χ2n) is 4.63. The van der Waals surface area contributed by atoms with Crippen LogP contribution in [-0.4, -0.2) is 17.8 Å². The van der Waals surface area contributed by atoms with E-state index in [1.165, 1.54) is 19.3 Å². The molecule has 0 aliphatic carbocycles. The van der Waals surface area contributed by atoms with Crippen molar-refractivity contribution in [2.24, 2.45) is 5.73 Å². The van der Waals surface area contributed by atoms with Crippen molar-refractivity contribution in [3.63, 3.8) is 0 Å². The fourth-order valence-electron chi connectivity index (χ4n) is 1.63. The zero-order valence-electron chi connectivity index (χ0n) is 12.0. The molecule has 0 rings (SSSR count). The number of hydrogen-bond donors (Lipinski definition) is 2. The van der Waals surface area contributed by atoms with Crippen molar-refractivity contribution < 1.29 is 5.11 Å². The molecule has 0 unspecified atom stereocenters. The summed E-state index contributed by atoms with van der Waals surface area (Å²) in [5.41, 5.74) is 5.34. The second-order valence-corrected chi connectivity index (χ2v) is 4.63. The number of allylic oxidation sites excluding steroid dienone is 1. The summed E-state index contributed by atoms with van der Waals surface area (Å²) in [7, 11) is 0. The molecule has 0 fully saturated rings. The maximum Gasteiger partial charge on any atom is 0.0662 e. The third kappa shape index (κ3) is 14.7. The van der Waals surface area contributed by atoms with E-state index in [-0.39, 0.29) is 6.10 Å². The molecule has 3 N–H and O–H groups in total. The van der Waals surface area contributed by atoms with Crippen LogP contribution in [0.5, 0.6) is 0 Å². The quantitative estimate of drug-likeness (QED) is 0.361. The van der Waals surface area contributed by atoms with E-state index in [2.05, 4.69) is 30.3 Å². The van der Waals surface area contributed by atoms with Crippen LogP contribution in [0, 0.1) is 23.7 Å². The molecule has 0 aliphatic rings. The van der Waals surface area contributed by atoms with Gasteiger partial charge in [-0.1, -0.05) is 43.6 Å². The molecule has 0 heterocycles. The van der Waals surface area contributed by atoms with E-state index >= 15 is 0 Å². The molecule has 1 atom stereocenters. The molecule has 0 aliphatic heterocycles. The summed E-state index contributed by atoms with van der Waals surface area (Å²) < 4.78 is 0. The first-order valence-electron chi connectivity index (χ1n) is 7.26. The number of aliphatic hydroxyl groups excluding tert-OH is 1. The van der Waals surface area contributed by atoms with Gasteiger partial charge in [-0.05, 0) is 31.1 Å². The van der Waals surface area contributed by atoms with Crippen LogP contribution in [0.3, 0.4) is 0 Å². The van der Waals surface area contributed by atoms with Crippen molar-refractivity contribution in [1.29, 1.82) is 0 Å². The highest BCUT2D eigenvalue weighted by Gasteiger charge is 1.99. The summed E-state index contributed by atoms with van der Waals surface area (Å²) in [6.07, 6.45) is 10.9. The lowest BCUT2D eigenvalue weighted by Gasteiger charge is -2.06. The molecule has 0 aromatic rings. The monoisotopic (exact) mass is 261 g/mol. The SMILES string of the molecule is C=CCCC#CC#CCCCCCCC[C@H](O)CN. The Hall–Kier alpha value is -1.22. The molecule has 0 aromatic carbocycles. The van der Waals surface area contributed by atoms with Gasteiger partial charge in [0, 0.05) is 19.4 Å². The molecule has 2 heteroatoms. The third-order valence-electron chi connectivity index (χ3n) is 2.82. The van der Waals surface area contributed by atoms with Crippen LogP contribution in [0.25, 0.3) is 0 Å². The molecule has 0 saturated carbocycles. The maximum absolute atomic E-state index is 9.27. The van der Waals surface area contributed by atoms with Crippen molar-refractivity contribution in [2.45, 2.75) is 63.9 Å². The maximum atomic E-state index is 9.27. The highest BCUT2D eigenvalue weighted by molar-refractivity contribution is 5.25. The van der Waals surface area contributed by atoms with Gasteiger partial charge in [-0.3, -0.25) is 0 Å². The average molecular weight is 261 g/mol. The minimum absolute atomic E-state index is 0.314. The molecular formula is C17H27NO. The molecule has 0 spiro atoms. The Morgan fingerprint density at radius 1 is 1.00 bits per heavy atom. The molecule has 0 amide bonds. The van der Waals surface area contributed by atoms with E-state index in [1.54, 1.807) is 0 Å². The summed E-state index contributed by atoms with van der Waals surface area (Å²) in [5.74, 6) is 11.8. The van der Waals surface area contributed by atoms with Crippen molar-refractivity contribution >= 4 is 0 Å². The van der Waals surface area contributed by atoms with Crippen LogP contribution in [0.2, 0.25) is 0 Å². The van der Waals surface area contributed by atoms with Crippen LogP contribution >= 0.6 is 0 Å². The minimum atomic E-state index is -0.314. The summed E-state index contributed by atoms with van der Waals surface area (Å²) >= 11 is 0. The second kappa shape index (κ2) is 14.8. The van der Waals surface area contributed by atoms with Gasteiger partial charge in [-0.15, -0.1) is 6.58 Å². The summed E-state index contributed by atoms with van der Waals surface area (Å²) in [6, 6.07) is 0. The molecular weight excluding hydrogens is 234 g/mol. The predicted molar refractivity (Wildman–Crippen MR) is 82.4 cm³/mol. The highest BCUT2D eigenvalue weighted by Crippen LogP contribution is 2.08. The Morgan fingerprint density at radius 2 is 1.63 bits per heavy atom. The van der Waals surface area contributed by atoms with Gasteiger partial charge < -0.3 is 10.8 Å². The Kier molecular flexibility index (Phi) is 13.9. The highest BCUT2D eigenvalue weighted by atomic mass is 16.3. The molecule has 0 aromatic heterocycles. The smallest absolute Gasteiger partial charge is 0.0662 e. The van der Waals surface area contributed by atoms with Crippen LogP contribution in [0.1, 0.15) is 57.8 Å². The first-order valence-corrected chi connectivity index (χ1v) is 7.26. The zero-order valence-corrected chi connectivity index (χ0v) is 12.0. The molecule has 0 bridgehead atoms. The van der Waals surface area contributed by atoms with Crippen LogP contribution in [0.15, 0.2) is 12.7 Å². The van der Waals surface area contributed by atoms with Gasteiger partial charge in [0.05, 0.1) is 6.10 Å². The van der Waals surface area contributed by atoms with Gasteiger partial charge in [0.1, 0.15) is 0 Å². The van der Waals surface area contributed by atoms with E-state index in [0.29, 0.717) is 6.54 Å². The van der Waals surface area contributed by atoms with Crippen LogP contribution in [0.4, 0.5) is 0 Å². The van der Waals surface area contributed by atoms with E-state index < -0.39 is 0 Å². The Bertz CT molecular complexity index is 327. The van der Waals surface area contributed by atoms with E-state index in [4.69, 9.17) is 5.73 Å². The van der Waals surface area contributed by atoms with E-state index in [0.717, 1.165) is 38.5 Å². The first kappa shape index (κ1) is 17.8. The summed E-state index contributed by atoms with van der Waals surface area (Å²) in [4.78, 5) is 0. The number of unbranched alkanes of at least 4 members (excludes halogenated alkanes) is 6. The summed E-state index contributed by atoms with van der Waals surface area (Å²) in [5, 5.41) is 9.27. The lowest BCUT2D eigenvalue weighted by Crippen LogP contribution is -2.19. The van der Waals surface area contributed by atoms with Gasteiger partial charge in [-0.2, -0.15) is 0 Å². The van der Waals surface area contributed by atoms with E-state index in [1.807, 2.05) is 6.08 Å². The standard InChI is InChI=1S/C17H27NO/c1-2-3-4-5-6-7-8-9-10-11-12-13-14-15-17(19)16-18/h2,17,19H,1,3-4,9-16,18H2/t17-/m0/s1. The van der Waals surface area contributed by atoms with Crippen LogP contribution in [-0.2, 0) is 0 Å². The topological polar surface area (TPSA) is 46.2 Å². The Balaban J connectivity index is 3.28. The van der Waals surface area contributed by atoms with E-state index in [9.17, 15) is 5.11 Å². The van der Waals surface area contributed by atoms with Crippen molar-refractivity contribution in [1.82, 2.24) is 0 Å². The molecule has 2 nitrogen and oxygen atoms in total. The Labute approximate surface area is 118 Å². The van der Waals surface area contributed by atoms with Crippen molar-refractivity contribution in [3.8, 4) is 23.7 Å². The molecule has 19 heavy (non-hydrogen) atoms. The third-order valence-corrected chi connectivity index (χ3v) is 2.82. The number of aliphatic hydroxyl groups is 1. The van der Waals surface area contributed by atoms with Crippen LogP contribution < -0.4 is 5.73 Å². The van der Waals surface area contributed by atoms with Gasteiger partial charge in [-0.25, -0.2) is 0 Å². The molecule has 106 valence electrons. The Morgan fingerprint density at radius 3 is 2.32 bits per heavy atom. The van der Waals surface area contributed by atoms with Gasteiger partial charge in [0.15, 0.2) is 0 Å². The fraction of sp³-hybridized carbons (Fsp3) is 0.647. The zero-order chi connectivity index (χ0) is 14.2. The van der Waals surface area contributed by atoms with Gasteiger partial charge in [0.25, 0.3) is 0 Å². The fourth-order valence-corrected chi connectivity index (χ4v) is 1.63. The summed E-state index contributed by atoms with van der Waals surface area (Å²) in [6.45, 7) is 4.02. The van der Waals surface area contributed by atoms with Crippen molar-refractivity contribution in [3.05, 3.63) is 12.7 Å². The predicted octanol–water partition coefficient (Wildman–Crippen LogP) is 3.01. The lowest BCUT2D eigenvalue weighted by atomic mass is 10.1. The largest absolute Gasteiger partial charge is 0.392 e. The number of rotatable bonds is 10. The average Bonchev–Trinajstić information content (AvgIpc) is 2.43. The number of nitrogens with two attached hydrogens (primary N) is 1. The lowest BCUT2D eigenvalue weighted by molar-refractivity contribution is 0.168. The molecule has 0 radical (unpaired) electrons. The van der Waals surface area contributed by atoms with Gasteiger partial charge >= 0.3 is 0 Å².